The SMILES string of the molecule is O=C(O)Cc1cc(Cl)c([N+](=O)[O-])cc1CBr. The van der Waals surface area contributed by atoms with E-state index in [0.717, 1.165) is 0 Å². The van der Waals surface area contributed by atoms with Gasteiger partial charge in [0.1, 0.15) is 5.02 Å². The number of halogens is 2. The van der Waals surface area contributed by atoms with E-state index in [1.807, 2.05) is 0 Å². The summed E-state index contributed by atoms with van der Waals surface area (Å²) in [6.07, 6.45) is -0.210. The monoisotopic (exact) mass is 307 g/mol. The molecule has 0 aliphatic carbocycles. The minimum atomic E-state index is -1.01. The number of alkyl halides is 1. The van der Waals surface area contributed by atoms with E-state index in [9.17, 15) is 14.9 Å². The van der Waals surface area contributed by atoms with Gasteiger partial charge in [0.2, 0.25) is 0 Å². The molecule has 0 unspecified atom stereocenters. The Balaban J connectivity index is 3.26. The number of benzene rings is 1. The maximum atomic E-state index is 10.6. The molecule has 0 radical (unpaired) electrons. The lowest BCUT2D eigenvalue weighted by Gasteiger charge is -2.06. The van der Waals surface area contributed by atoms with Gasteiger partial charge >= 0.3 is 5.97 Å². The summed E-state index contributed by atoms with van der Waals surface area (Å²) in [5.41, 5.74) is 0.809. The molecule has 5 nitrogen and oxygen atoms in total. The molecule has 86 valence electrons. The van der Waals surface area contributed by atoms with Crippen LogP contribution in [0.1, 0.15) is 11.1 Å². The zero-order chi connectivity index (χ0) is 12.3. The lowest BCUT2D eigenvalue weighted by atomic mass is 10.1. The standard InChI is InChI=1S/C9H7BrClNO4/c10-4-6-2-8(12(15)16)7(11)1-5(6)3-9(13)14/h1-2H,3-4H2,(H,13,14). The van der Waals surface area contributed by atoms with Crippen LogP contribution in [0.3, 0.4) is 0 Å². The maximum Gasteiger partial charge on any atom is 0.307 e. The molecule has 0 fully saturated rings. The Morgan fingerprint density at radius 3 is 2.56 bits per heavy atom. The molecule has 1 rings (SSSR count). The lowest BCUT2D eigenvalue weighted by Crippen LogP contribution is -2.04. The van der Waals surface area contributed by atoms with E-state index in [2.05, 4.69) is 15.9 Å². The molecule has 0 spiro atoms. The molecule has 0 saturated heterocycles. The predicted octanol–water partition coefficient (Wildman–Crippen LogP) is 2.77. The highest BCUT2D eigenvalue weighted by atomic mass is 79.9. The van der Waals surface area contributed by atoms with Crippen molar-refractivity contribution in [2.45, 2.75) is 11.8 Å². The van der Waals surface area contributed by atoms with Gasteiger partial charge in [0.25, 0.3) is 5.69 Å². The highest BCUT2D eigenvalue weighted by Crippen LogP contribution is 2.29. The summed E-state index contributed by atoms with van der Waals surface area (Å²) in [5, 5.41) is 19.6. The van der Waals surface area contributed by atoms with Crippen molar-refractivity contribution in [3.05, 3.63) is 38.4 Å². The van der Waals surface area contributed by atoms with E-state index in [1.165, 1.54) is 12.1 Å². The van der Waals surface area contributed by atoms with Crippen molar-refractivity contribution >= 4 is 39.2 Å². The summed E-state index contributed by atoms with van der Waals surface area (Å²) in [6.45, 7) is 0. The molecule has 0 heterocycles. The highest BCUT2D eigenvalue weighted by Gasteiger charge is 2.17. The third-order valence-corrected chi connectivity index (χ3v) is 2.86. The normalized spacial score (nSPS) is 10.1. The zero-order valence-corrected chi connectivity index (χ0v) is 10.3. The molecule has 0 amide bonds. The summed E-state index contributed by atoms with van der Waals surface area (Å²) in [7, 11) is 0. The second kappa shape index (κ2) is 5.27. The Morgan fingerprint density at radius 2 is 2.12 bits per heavy atom. The molecule has 1 aromatic rings. The van der Waals surface area contributed by atoms with Crippen LogP contribution in [0.4, 0.5) is 5.69 Å². The first kappa shape index (κ1) is 12.9. The van der Waals surface area contributed by atoms with Crippen LogP contribution in [0.2, 0.25) is 5.02 Å². The Labute approximate surface area is 104 Å². The fraction of sp³-hybridized carbons (Fsp3) is 0.222. The summed E-state index contributed by atoms with van der Waals surface area (Å²) in [4.78, 5) is 20.6. The van der Waals surface area contributed by atoms with Gasteiger partial charge in [-0.2, -0.15) is 0 Å². The topological polar surface area (TPSA) is 80.4 Å². The molecule has 7 heteroatoms. The van der Waals surface area contributed by atoms with Gasteiger partial charge in [0.15, 0.2) is 0 Å². The number of hydrogen-bond acceptors (Lipinski definition) is 3. The third kappa shape index (κ3) is 2.93. The van der Waals surface area contributed by atoms with E-state index >= 15 is 0 Å². The Bertz CT molecular complexity index is 449. The van der Waals surface area contributed by atoms with Gasteiger partial charge in [-0.1, -0.05) is 27.5 Å². The van der Waals surface area contributed by atoms with Gasteiger partial charge in [-0.05, 0) is 17.2 Å². The third-order valence-electron chi connectivity index (χ3n) is 1.95. The van der Waals surface area contributed by atoms with Crippen LogP contribution < -0.4 is 0 Å². The van der Waals surface area contributed by atoms with Crippen LogP contribution >= 0.6 is 27.5 Å². The zero-order valence-electron chi connectivity index (χ0n) is 7.94. The quantitative estimate of drug-likeness (QED) is 0.527. The summed E-state index contributed by atoms with van der Waals surface area (Å²) in [6, 6.07) is 2.61. The summed E-state index contributed by atoms with van der Waals surface area (Å²) in [5.74, 6) is -1.01. The van der Waals surface area contributed by atoms with Gasteiger partial charge in [-0.15, -0.1) is 0 Å². The number of carboxylic acid groups (broad SMARTS) is 1. The van der Waals surface area contributed by atoms with Crippen LogP contribution in [-0.2, 0) is 16.5 Å². The molecule has 1 N–H and O–H groups in total. The van der Waals surface area contributed by atoms with Crippen LogP contribution in [0.5, 0.6) is 0 Å². The fourth-order valence-electron chi connectivity index (χ4n) is 1.24. The number of hydrogen-bond donors (Lipinski definition) is 1. The predicted molar refractivity (Wildman–Crippen MR) is 62.1 cm³/mol. The molecular formula is C9H7BrClNO4. The molecule has 0 bridgehead atoms. The minimum absolute atomic E-state index is 0.0500. The second-order valence-corrected chi connectivity index (χ2v) is 4.00. The van der Waals surface area contributed by atoms with E-state index in [-0.39, 0.29) is 17.1 Å². The lowest BCUT2D eigenvalue weighted by molar-refractivity contribution is -0.384. The van der Waals surface area contributed by atoms with Crippen LogP contribution in [0, 0.1) is 10.1 Å². The van der Waals surface area contributed by atoms with E-state index in [0.29, 0.717) is 16.5 Å². The first-order valence-electron chi connectivity index (χ1n) is 4.19. The molecule has 0 atom stereocenters. The van der Waals surface area contributed by atoms with Crippen molar-refractivity contribution in [3.63, 3.8) is 0 Å². The van der Waals surface area contributed by atoms with Crippen molar-refractivity contribution in [3.8, 4) is 0 Å². The van der Waals surface area contributed by atoms with Gasteiger partial charge in [-0.25, -0.2) is 0 Å². The summed E-state index contributed by atoms with van der Waals surface area (Å²) < 4.78 is 0. The van der Waals surface area contributed by atoms with Gasteiger partial charge in [0.05, 0.1) is 11.3 Å². The number of nitrogens with zero attached hydrogens (tertiary/aromatic N) is 1. The molecule has 1 aromatic carbocycles. The number of rotatable bonds is 4. The van der Waals surface area contributed by atoms with Crippen molar-refractivity contribution < 1.29 is 14.8 Å². The molecule has 0 aromatic heterocycles. The van der Waals surface area contributed by atoms with Gasteiger partial charge in [0, 0.05) is 11.4 Å². The fourth-order valence-corrected chi connectivity index (χ4v) is 2.02. The molecule has 0 saturated carbocycles. The van der Waals surface area contributed by atoms with E-state index in [4.69, 9.17) is 16.7 Å². The van der Waals surface area contributed by atoms with E-state index in [1.54, 1.807) is 0 Å². The van der Waals surface area contributed by atoms with Crippen LogP contribution in [0.25, 0.3) is 0 Å². The number of nitro benzene ring substituents is 1. The second-order valence-electron chi connectivity index (χ2n) is 3.03. The molecular weight excluding hydrogens is 301 g/mol. The largest absolute Gasteiger partial charge is 0.481 e. The van der Waals surface area contributed by atoms with Crippen molar-refractivity contribution in [1.82, 2.24) is 0 Å². The Hall–Kier alpha value is -1.14. The minimum Gasteiger partial charge on any atom is -0.481 e. The van der Waals surface area contributed by atoms with Crippen LogP contribution in [0.15, 0.2) is 12.1 Å². The average Bonchev–Trinajstić information content (AvgIpc) is 2.16. The number of aliphatic carboxylic acids is 1. The first-order chi connectivity index (χ1) is 7.45. The number of carbonyl (C=O) groups is 1. The van der Waals surface area contributed by atoms with Crippen LogP contribution in [-0.4, -0.2) is 16.0 Å². The van der Waals surface area contributed by atoms with Gasteiger partial charge < -0.3 is 5.11 Å². The Morgan fingerprint density at radius 1 is 1.50 bits per heavy atom. The maximum absolute atomic E-state index is 10.6. The average molecular weight is 309 g/mol. The summed E-state index contributed by atoms with van der Waals surface area (Å²) >= 11 is 8.83. The smallest absolute Gasteiger partial charge is 0.307 e. The van der Waals surface area contributed by atoms with Crippen molar-refractivity contribution in [1.29, 1.82) is 0 Å². The number of nitro groups is 1. The van der Waals surface area contributed by atoms with E-state index < -0.39 is 10.9 Å². The van der Waals surface area contributed by atoms with Crippen molar-refractivity contribution in [2.24, 2.45) is 0 Å². The molecule has 16 heavy (non-hydrogen) atoms. The number of carboxylic acids is 1. The molecule has 0 aliphatic heterocycles. The Kier molecular flexibility index (Phi) is 4.26. The first-order valence-corrected chi connectivity index (χ1v) is 5.69. The van der Waals surface area contributed by atoms with Gasteiger partial charge in [-0.3, -0.25) is 14.9 Å². The molecule has 0 aliphatic rings. The van der Waals surface area contributed by atoms with Crippen molar-refractivity contribution in [2.75, 3.05) is 0 Å². The highest BCUT2D eigenvalue weighted by molar-refractivity contribution is 9.08.